The summed E-state index contributed by atoms with van der Waals surface area (Å²) < 4.78 is 0. The average molecular weight is 393 g/mol. The number of aryl methyl sites for hydroxylation is 1. The second-order valence-electron chi connectivity index (χ2n) is 7.18. The molecule has 0 spiro atoms. The second-order valence-corrected chi connectivity index (χ2v) is 7.18. The number of nitro groups is 1. The highest BCUT2D eigenvalue weighted by Crippen LogP contribution is 2.31. The normalized spacial score (nSPS) is 17.7. The molecule has 2 aliphatic rings. The molecule has 0 radical (unpaired) electrons. The number of benzene rings is 2. The number of nitrogens with one attached hydrogen (secondary N) is 1. The minimum Gasteiger partial charge on any atom is -0.349 e. The van der Waals surface area contributed by atoms with Crippen LogP contribution in [0.2, 0.25) is 0 Å². The summed E-state index contributed by atoms with van der Waals surface area (Å²) in [4.78, 5) is 48.9. The van der Waals surface area contributed by atoms with Crippen molar-refractivity contribution in [1.29, 1.82) is 0 Å². The molecular formula is C21H19N3O5. The summed E-state index contributed by atoms with van der Waals surface area (Å²) in [6.07, 6.45) is 2.74. The van der Waals surface area contributed by atoms with Crippen LogP contribution >= 0.6 is 0 Å². The van der Waals surface area contributed by atoms with Crippen molar-refractivity contribution in [2.75, 3.05) is 6.54 Å². The van der Waals surface area contributed by atoms with E-state index in [1.54, 1.807) is 0 Å². The molecule has 3 amide bonds. The third-order valence-corrected chi connectivity index (χ3v) is 5.44. The summed E-state index contributed by atoms with van der Waals surface area (Å²) in [7, 11) is 0. The number of imide groups is 1. The third-order valence-electron chi connectivity index (χ3n) is 5.44. The number of rotatable bonds is 5. The Morgan fingerprint density at radius 2 is 1.93 bits per heavy atom. The van der Waals surface area contributed by atoms with Crippen molar-refractivity contribution in [3.8, 4) is 0 Å². The average Bonchev–Trinajstić information content (AvgIpc) is 2.97. The topological polar surface area (TPSA) is 110 Å². The van der Waals surface area contributed by atoms with Gasteiger partial charge in [0, 0.05) is 19.0 Å². The zero-order valence-electron chi connectivity index (χ0n) is 15.6. The van der Waals surface area contributed by atoms with E-state index in [0.717, 1.165) is 29.7 Å². The molecular weight excluding hydrogens is 374 g/mol. The minimum atomic E-state index is -0.729. The van der Waals surface area contributed by atoms with Crippen LogP contribution in [0.1, 0.15) is 57.1 Å². The van der Waals surface area contributed by atoms with Crippen LogP contribution in [0, 0.1) is 10.1 Å². The second kappa shape index (κ2) is 7.46. The van der Waals surface area contributed by atoms with Gasteiger partial charge in [0.15, 0.2) is 0 Å². The Labute approximate surface area is 166 Å². The molecule has 1 atom stereocenters. The number of fused-ring (bicyclic) bond motifs is 2. The Morgan fingerprint density at radius 3 is 2.72 bits per heavy atom. The summed E-state index contributed by atoms with van der Waals surface area (Å²) >= 11 is 0. The lowest BCUT2D eigenvalue weighted by Crippen LogP contribution is -2.36. The largest absolute Gasteiger partial charge is 0.349 e. The van der Waals surface area contributed by atoms with Gasteiger partial charge < -0.3 is 5.32 Å². The van der Waals surface area contributed by atoms with Crippen molar-refractivity contribution in [2.24, 2.45) is 0 Å². The molecule has 1 N–H and O–H groups in total. The minimum absolute atomic E-state index is 0.00539. The number of nitrogens with zero attached hydrogens (tertiary/aromatic N) is 2. The molecule has 29 heavy (non-hydrogen) atoms. The van der Waals surface area contributed by atoms with Gasteiger partial charge in [-0.1, -0.05) is 30.3 Å². The maximum atomic E-state index is 12.6. The molecule has 0 unspecified atom stereocenters. The van der Waals surface area contributed by atoms with Gasteiger partial charge in [0.05, 0.1) is 16.5 Å². The first-order valence-corrected chi connectivity index (χ1v) is 9.48. The monoisotopic (exact) mass is 393 g/mol. The number of carbonyl (C=O) groups excluding carboxylic acids is 3. The van der Waals surface area contributed by atoms with Crippen molar-refractivity contribution < 1.29 is 19.3 Å². The lowest BCUT2D eigenvalue weighted by atomic mass is 9.87. The Kier molecular flexibility index (Phi) is 4.84. The number of nitro benzene ring substituents is 1. The molecule has 0 aromatic heterocycles. The van der Waals surface area contributed by atoms with Crippen LogP contribution in [-0.2, 0) is 11.2 Å². The summed E-state index contributed by atoms with van der Waals surface area (Å²) in [6.45, 7) is -0.121. The van der Waals surface area contributed by atoms with Gasteiger partial charge in [-0.05, 0) is 36.5 Å². The molecule has 1 heterocycles. The van der Waals surface area contributed by atoms with Crippen molar-refractivity contribution in [2.45, 2.75) is 31.7 Å². The molecule has 1 aliphatic carbocycles. The van der Waals surface area contributed by atoms with E-state index in [2.05, 4.69) is 11.4 Å². The van der Waals surface area contributed by atoms with Crippen molar-refractivity contribution in [1.82, 2.24) is 10.2 Å². The van der Waals surface area contributed by atoms with E-state index in [9.17, 15) is 24.5 Å². The van der Waals surface area contributed by atoms with E-state index in [1.807, 2.05) is 18.2 Å². The maximum absolute atomic E-state index is 12.6. The van der Waals surface area contributed by atoms with Crippen molar-refractivity contribution in [3.05, 3.63) is 74.8 Å². The number of carbonyl (C=O) groups is 3. The van der Waals surface area contributed by atoms with E-state index in [-0.39, 0.29) is 36.0 Å². The van der Waals surface area contributed by atoms with Crippen molar-refractivity contribution in [3.63, 3.8) is 0 Å². The summed E-state index contributed by atoms with van der Waals surface area (Å²) in [6, 6.07) is 11.8. The van der Waals surface area contributed by atoms with Gasteiger partial charge in [-0.2, -0.15) is 0 Å². The summed E-state index contributed by atoms with van der Waals surface area (Å²) in [5, 5.41) is 14.2. The lowest BCUT2D eigenvalue weighted by Gasteiger charge is -2.26. The van der Waals surface area contributed by atoms with E-state index in [1.165, 1.54) is 23.8 Å². The standard InChI is InChI=1S/C21H19N3O5/c25-18(22-16-9-3-6-13-5-1-2-7-14(13)16)11-12-23-20(26)15-8-4-10-17(24(28)29)19(15)21(23)27/h1-2,4-5,7-8,10,16H,3,6,9,11-12H2,(H,22,25)/t16-/m0/s1. The predicted molar refractivity (Wildman–Crippen MR) is 103 cm³/mol. The molecule has 4 rings (SSSR count). The predicted octanol–water partition coefficient (Wildman–Crippen LogP) is 2.77. The summed E-state index contributed by atoms with van der Waals surface area (Å²) in [5.41, 5.74) is 1.72. The lowest BCUT2D eigenvalue weighted by molar-refractivity contribution is -0.385. The van der Waals surface area contributed by atoms with E-state index >= 15 is 0 Å². The van der Waals surface area contributed by atoms with E-state index in [0.29, 0.717) is 0 Å². The van der Waals surface area contributed by atoms with Crippen LogP contribution in [0.3, 0.4) is 0 Å². The molecule has 0 saturated carbocycles. The smallest absolute Gasteiger partial charge is 0.282 e. The molecule has 0 fully saturated rings. The first kappa shape index (κ1) is 18.8. The highest BCUT2D eigenvalue weighted by molar-refractivity contribution is 6.23. The Bertz CT molecular complexity index is 1030. The van der Waals surface area contributed by atoms with Crippen LogP contribution in [0.25, 0.3) is 0 Å². The van der Waals surface area contributed by atoms with Gasteiger partial charge in [-0.3, -0.25) is 29.4 Å². The quantitative estimate of drug-likeness (QED) is 0.477. The van der Waals surface area contributed by atoms with Gasteiger partial charge in [0.1, 0.15) is 5.56 Å². The van der Waals surface area contributed by atoms with Crippen LogP contribution in [-0.4, -0.2) is 34.1 Å². The number of hydrogen-bond donors (Lipinski definition) is 1. The fraction of sp³-hybridized carbons (Fsp3) is 0.286. The van der Waals surface area contributed by atoms with Gasteiger partial charge in [0.25, 0.3) is 17.5 Å². The summed E-state index contributed by atoms with van der Waals surface area (Å²) in [5.74, 6) is -1.60. The Morgan fingerprint density at radius 1 is 1.14 bits per heavy atom. The molecule has 1 aliphatic heterocycles. The van der Waals surface area contributed by atoms with Crippen LogP contribution in [0.4, 0.5) is 5.69 Å². The zero-order valence-corrected chi connectivity index (χ0v) is 15.6. The van der Waals surface area contributed by atoms with Crippen LogP contribution in [0.15, 0.2) is 42.5 Å². The number of hydrogen-bond acceptors (Lipinski definition) is 5. The Balaban J connectivity index is 1.43. The molecule has 0 saturated heterocycles. The molecule has 8 nitrogen and oxygen atoms in total. The molecule has 148 valence electrons. The number of amides is 3. The molecule has 8 heteroatoms. The first-order chi connectivity index (χ1) is 14.0. The zero-order chi connectivity index (χ0) is 20.5. The van der Waals surface area contributed by atoms with Gasteiger partial charge in [-0.25, -0.2) is 0 Å². The van der Waals surface area contributed by atoms with Crippen LogP contribution in [0.5, 0.6) is 0 Å². The van der Waals surface area contributed by atoms with Gasteiger partial charge in [-0.15, -0.1) is 0 Å². The Hall–Kier alpha value is -3.55. The fourth-order valence-corrected chi connectivity index (χ4v) is 4.05. The van der Waals surface area contributed by atoms with Crippen molar-refractivity contribution >= 4 is 23.4 Å². The van der Waals surface area contributed by atoms with E-state index in [4.69, 9.17) is 0 Å². The van der Waals surface area contributed by atoms with Gasteiger partial charge >= 0.3 is 0 Å². The van der Waals surface area contributed by atoms with E-state index < -0.39 is 22.4 Å². The highest BCUT2D eigenvalue weighted by atomic mass is 16.6. The molecule has 2 aromatic carbocycles. The van der Waals surface area contributed by atoms with Gasteiger partial charge in [0.2, 0.25) is 5.91 Å². The third kappa shape index (κ3) is 3.37. The maximum Gasteiger partial charge on any atom is 0.282 e. The molecule has 2 aromatic rings. The molecule has 0 bridgehead atoms. The van der Waals surface area contributed by atoms with Crippen LogP contribution < -0.4 is 5.32 Å². The highest BCUT2D eigenvalue weighted by Gasteiger charge is 2.40. The SMILES string of the molecule is O=C(CCN1C(=O)c2cccc([N+](=O)[O-])c2C1=O)N[C@H]1CCCc2ccccc21. The first-order valence-electron chi connectivity index (χ1n) is 9.48. The fourth-order valence-electron chi connectivity index (χ4n) is 4.05.